The van der Waals surface area contributed by atoms with Gasteiger partial charge in [0.1, 0.15) is 0 Å². The molecule has 1 aliphatic carbocycles. The average molecular weight is 334 g/mol. The summed E-state index contributed by atoms with van der Waals surface area (Å²) in [6.45, 7) is 0.620. The highest BCUT2D eigenvalue weighted by Gasteiger charge is 2.50. The second-order valence-electron chi connectivity index (χ2n) is 5.72. The highest BCUT2D eigenvalue weighted by Crippen LogP contribution is 2.48. The summed E-state index contributed by atoms with van der Waals surface area (Å²) in [5.74, 6) is 0.108. The first kappa shape index (κ1) is 15.4. The average Bonchev–Trinajstić information content (AvgIpc) is 3.30. The van der Waals surface area contributed by atoms with E-state index in [2.05, 4.69) is 5.32 Å². The van der Waals surface area contributed by atoms with Crippen LogP contribution < -0.4 is 5.32 Å². The van der Waals surface area contributed by atoms with Gasteiger partial charge in [-0.3, -0.25) is 4.79 Å². The molecule has 3 rings (SSSR count). The van der Waals surface area contributed by atoms with E-state index in [4.69, 9.17) is 23.2 Å². The van der Waals surface area contributed by atoms with Crippen LogP contribution in [-0.2, 0) is 16.6 Å². The molecule has 1 amide bonds. The van der Waals surface area contributed by atoms with Crippen molar-refractivity contribution in [3.05, 3.63) is 69.7 Å². The zero-order valence-corrected chi connectivity index (χ0v) is 13.6. The Morgan fingerprint density at radius 3 is 2.41 bits per heavy atom. The van der Waals surface area contributed by atoms with Crippen molar-refractivity contribution in [2.24, 2.45) is 0 Å². The van der Waals surface area contributed by atoms with Gasteiger partial charge in [0, 0.05) is 16.6 Å². The van der Waals surface area contributed by atoms with Crippen molar-refractivity contribution in [2.45, 2.75) is 24.7 Å². The number of hydrogen-bond donors (Lipinski definition) is 1. The Morgan fingerprint density at radius 1 is 1.05 bits per heavy atom. The maximum Gasteiger partial charge on any atom is 0.230 e. The number of carbonyl (C=O) groups excluding carboxylic acids is 1. The topological polar surface area (TPSA) is 29.1 Å². The van der Waals surface area contributed by atoms with E-state index >= 15 is 0 Å². The lowest BCUT2D eigenvalue weighted by atomic mass is 9.95. The molecule has 114 valence electrons. The summed E-state index contributed by atoms with van der Waals surface area (Å²) in [6, 6.07) is 15.3. The molecule has 2 nitrogen and oxygen atoms in total. The monoisotopic (exact) mass is 333 g/mol. The number of hydrogen-bond acceptors (Lipinski definition) is 1. The molecule has 0 aromatic heterocycles. The van der Waals surface area contributed by atoms with Gasteiger partial charge in [0.05, 0.1) is 5.41 Å². The number of amides is 1. The molecule has 0 bridgehead atoms. The van der Waals surface area contributed by atoms with Gasteiger partial charge in [-0.25, -0.2) is 0 Å². The highest BCUT2D eigenvalue weighted by molar-refractivity contribution is 6.30. The first-order valence-electron chi connectivity index (χ1n) is 7.39. The van der Waals surface area contributed by atoms with E-state index in [0.29, 0.717) is 11.6 Å². The fourth-order valence-corrected chi connectivity index (χ4v) is 3.06. The second-order valence-corrected chi connectivity index (χ2v) is 6.60. The minimum absolute atomic E-state index is 0.108. The summed E-state index contributed by atoms with van der Waals surface area (Å²) < 4.78 is 0. The minimum Gasteiger partial charge on any atom is -0.355 e. The van der Waals surface area contributed by atoms with Crippen LogP contribution in [0.15, 0.2) is 48.5 Å². The first-order chi connectivity index (χ1) is 10.6. The van der Waals surface area contributed by atoms with Crippen molar-refractivity contribution in [3.63, 3.8) is 0 Å². The van der Waals surface area contributed by atoms with Gasteiger partial charge in [-0.05, 0) is 54.7 Å². The van der Waals surface area contributed by atoms with Gasteiger partial charge in [0.15, 0.2) is 0 Å². The van der Waals surface area contributed by atoms with Crippen LogP contribution in [0.25, 0.3) is 0 Å². The van der Waals surface area contributed by atoms with Gasteiger partial charge in [-0.15, -0.1) is 0 Å². The quantitative estimate of drug-likeness (QED) is 0.864. The molecule has 1 fully saturated rings. The van der Waals surface area contributed by atoms with E-state index in [1.54, 1.807) is 0 Å². The first-order valence-corrected chi connectivity index (χ1v) is 8.14. The Labute approximate surface area is 140 Å². The molecule has 0 spiro atoms. The largest absolute Gasteiger partial charge is 0.355 e. The third kappa shape index (κ3) is 3.29. The summed E-state index contributed by atoms with van der Waals surface area (Å²) in [7, 11) is 0. The minimum atomic E-state index is -0.348. The Balaban J connectivity index is 1.59. The SMILES string of the molecule is O=C(NCCc1cccc(Cl)c1)C1(c2ccc(Cl)cc2)CC1. The summed E-state index contributed by atoms with van der Waals surface area (Å²) >= 11 is 11.9. The molecule has 1 aliphatic rings. The lowest BCUT2D eigenvalue weighted by molar-refractivity contribution is -0.123. The van der Waals surface area contributed by atoms with Crippen LogP contribution in [0.3, 0.4) is 0 Å². The lowest BCUT2D eigenvalue weighted by Crippen LogP contribution is -2.35. The van der Waals surface area contributed by atoms with Crippen molar-refractivity contribution >= 4 is 29.1 Å². The Bertz CT molecular complexity index is 678. The third-order valence-electron chi connectivity index (χ3n) is 4.17. The van der Waals surface area contributed by atoms with E-state index in [1.165, 1.54) is 0 Å². The molecule has 2 aromatic rings. The molecular weight excluding hydrogens is 317 g/mol. The smallest absolute Gasteiger partial charge is 0.230 e. The van der Waals surface area contributed by atoms with E-state index in [0.717, 1.165) is 35.4 Å². The van der Waals surface area contributed by atoms with Crippen LogP contribution in [0.2, 0.25) is 10.0 Å². The molecule has 1 N–H and O–H groups in total. The van der Waals surface area contributed by atoms with Gasteiger partial charge >= 0.3 is 0 Å². The molecule has 0 heterocycles. The summed E-state index contributed by atoms with van der Waals surface area (Å²) in [6.07, 6.45) is 2.58. The van der Waals surface area contributed by atoms with Crippen molar-refractivity contribution in [1.29, 1.82) is 0 Å². The van der Waals surface area contributed by atoms with Gasteiger partial charge in [0.25, 0.3) is 0 Å². The van der Waals surface area contributed by atoms with Crippen LogP contribution in [0.4, 0.5) is 0 Å². The van der Waals surface area contributed by atoms with E-state index < -0.39 is 0 Å². The molecule has 0 radical (unpaired) electrons. The molecular formula is C18H17Cl2NO. The molecule has 4 heteroatoms. The fourth-order valence-electron chi connectivity index (χ4n) is 2.72. The zero-order valence-electron chi connectivity index (χ0n) is 12.1. The predicted octanol–water partition coefficient (Wildman–Crippen LogP) is 4.38. The molecule has 1 saturated carbocycles. The van der Waals surface area contributed by atoms with Gasteiger partial charge in [-0.1, -0.05) is 47.5 Å². The summed E-state index contributed by atoms with van der Waals surface area (Å²) in [5, 5.41) is 4.47. The van der Waals surface area contributed by atoms with Crippen molar-refractivity contribution in [3.8, 4) is 0 Å². The van der Waals surface area contributed by atoms with Crippen LogP contribution in [0, 0.1) is 0 Å². The third-order valence-corrected chi connectivity index (χ3v) is 4.66. The number of nitrogens with one attached hydrogen (secondary N) is 1. The van der Waals surface area contributed by atoms with Gasteiger partial charge < -0.3 is 5.32 Å². The number of carbonyl (C=O) groups is 1. The molecule has 2 aromatic carbocycles. The van der Waals surface area contributed by atoms with E-state index in [-0.39, 0.29) is 11.3 Å². The van der Waals surface area contributed by atoms with E-state index in [1.807, 2.05) is 48.5 Å². The Hall–Kier alpha value is -1.51. The zero-order chi connectivity index (χ0) is 15.6. The summed E-state index contributed by atoms with van der Waals surface area (Å²) in [4.78, 5) is 12.5. The van der Waals surface area contributed by atoms with Gasteiger partial charge in [0.2, 0.25) is 5.91 Å². The molecule has 0 unspecified atom stereocenters. The molecule has 0 atom stereocenters. The predicted molar refractivity (Wildman–Crippen MR) is 90.5 cm³/mol. The second kappa shape index (κ2) is 6.31. The van der Waals surface area contributed by atoms with Crippen molar-refractivity contribution in [2.75, 3.05) is 6.54 Å². The highest BCUT2D eigenvalue weighted by atomic mass is 35.5. The fraction of sp³-hybridized carbons (Fsp3) is 0.278. The van der Waals surface area contributed by atoms with Crippen molar-refractivity contribution in [1.82, 2.24) is 5.32 Å². The van der Waals surface area contributed by atoms with Crippen molar-refractivity contribution < 1.29 is 4.79 Å². The number of halogens is 2. The number of rotatable bonds is 5. The van der Waals surface area contributed by atoms with Gasteiger partial charge in [-0.2, -0.15) is 0 Å². The molecule has 0 aliphatic heterocycles. The van der Waals surface area contributed by atoms with Crippen LogP contribution >= 0.6 is 23.2 Å². The lowest BCUT2D eigenvalue weighted by Gasteiger charge is -2.16. The standard InChI is InChI=1S/C18H17Cl2NO/c19-15-6-4-14(5-7-15)18(9-10-18)17(22)21-11-8-13-2-1-3-16(20)12-13/h1-7,12H,8-11H2,(H,21,22). The van der Waals surface area contributed by atoms with E-state index in [9.17, 15) is 4.79 Å². The van der Waals surface area contributed by atoms with Crippen LogP contribution in [0.1, 0.15) is 24.0 Å². The van der Waals surface area contributed by atoms with Crippen LogP contribution in [-0.4, -0.2) is 12.5 Å². The van der Waals surface area contributed by atoms with Crippen LogP contribution in [0.5, 0.6) is 0 Å². The normalized spacial score (nSPS) is 15.4. The maximum atomic E-state index is 12.5. The molecule has 0 saturated heterocycles. The Morgan fingerprint density at radius 2 is 1.77 bits per heavy atom. The number of benzene rings is 2. The summed E-state index contributed by atoms with van der Waals surface area (Å²) in [5.41, 5.74) is 1.83. The molecule has 22 heavy (non-hydrogen) atoms. The Kier molecular flexibility index (Phi) is 4.42. The maximum absolute atomic E-state index is 12.5.